The molecule has 1 aliphatic heterocycles. The fourth-order valence-electron chi connectivity index (χ4n) is 2.82. The van der Waals surface area contributed by atoms with Crippen molar-refractivity contribution in [1.29, 1.82) is 0 Å². The predicted octanol–water partition coefficient (Wildman–Crippen LogP) is 3.82. The maximum atomic E-state index is 12.9. The summed E-state index contributed by atoms with van der Waals surface area (Å²) >= 11 is 13.6. The molecular weight excluding hydrogens is 415 g/mol. The number of hydrogen-bond donors (Lipinski definition) is 0. The number of benzene rings is 1. The third-order valence-electron chi connectivity index (χ3n) is 4.42. The fourth-order valence-corrected chi connectivity index (χ4v) is 6.34. The van der Waals surface area contributed by atoms with Gasteiger partial charge in [0.1, 0.15) is 4.90 Å². The molecule has 1 aromatic heterocycles. The van der Waals surface area contributed by atoms with Gasteiger partial charge in [-0.25, -0.2) is 8.42 Å². The lowest BCUT2D eigenvalue weighted by molar-refractivity contribution is 0.0702. The van der Waals surface area contributed by atoms with E-state index in [9.17, 15) is 13.2 Å². The lowest BCUT2D eigenvalue weighted by atomic mass is 10.2. The van der Waals surface area contributed by atoms with E-state index < -0.39 is 10.0 Å². The summed E-state index contributed by atoms with van der Waals surface area (Å²) in [7, 11) is -3.81. The number of rotatable bonds is 3. The Balaban J connectivity index is 1.75. The fraction of sp³-hybridized carbons (Fsp3) is 0.353. The van der Waals surface area contributed by atoms with Gasteiger partial charge in [-0.05, 0) is 37.6 Å². The molecule has 2 heterocycles. The minimum absolute atomic E-state index is 0.0565. The van der Waals surface area contributed by atoms with Crippen LogP contribution in [0.3, 0.4) is 0 Å². The first-order valence-corrected chi connectivity index (χ1v) is 11.0. The van der Waals surface area contributed by atoms with Gasteiger partial charge in [0.05, 0.1) is 14.9 Å². The summed E-state index contributed by atoms with van der Waals surface area (Å²) in [6, 6.07) is 6.49. The van der Waals surface area contributed by atoms with Crippen molar-refractivity contribution >= 4 is 50.5 Å². The molecule has 0 N–H and O–H groups in total. The van der Waals surface area contributed by atoms with Gasteiger partial charge in [0.2, 0.25) is 10.0 Å². The van der Waals surface area contributed by atoms with E-state index >= 15 is 0 Å². The number of halogens is 2. The van der Waals surface area contributed by atoms with Gasteiger partial charge in [-0.2, -0.15) is 4.31 Å². The minimum Gasteiger partial charge on any atom is -0.335 e. The Morgan fingerprint density at radius 3 is 2.15 bits per heavy atom. The van der Waals surface area contributed by atoms with Crippen LogP contribution in [0.15, 0.2) is 29.2 Å². The summed E-state index contributed by atoms with van der Waals surface area (Å²) in [4.78, 5) is 16.0. The second kappa shape index (κ2) is 7.48. The Kier molecular flexibility index (Phi) is 5.65. The third kappa shape index (κ3) is 3.64. The second-order valence-corrected chi connectivity index (χ2v) is 10.0. The smallest absolute Gasteiger partial charge is 0.264 e. The summed E-state index contributed by atoms with van der Waals surface area (Å²) in [5.41, 5.74) is 1.09. The number of amides is 1. The van der Waals surface area contributed by atoms with Crippen LogP contribution < -0.4 is 0 Å². The Morgan fingerprint density at radius 2 is 1.65 bits per heavy atom. The molecule has 1 saturated heterocycles. The van der Waals surface area contributed by atoms with Gasteiger partial charge in [0, 0.05) is 31.1 Å². The van der Waals surface area contributed by atoms with Crippen LogP contribution in [-0.4, -0.2) is 49.7 Å². The van der Waals surface area contributed by atoms with Crippen LogP contribution in [0.5, 0.6) is 0 Å². The highest BCUT2D eigenvalue weighted by Crippen LogP contribution is 2.32. The highest BCUT2D eigenvalue weighted by atomic mass is 35.5. The van der Waals surface area contributed by atoms with Gasteiger partial charge in [0.15, 0.2) is 0 Å². The summed E-state index contributed by atoms with van der Waals surface area (Å²) in [5, 5.41) is 0.195. The molecule has 5 nitrogen and oxygen atoms in total. The molecule has 0 spiro atoms. The van der Waals surface area contributed by atoms with E-state index in [1.54, 1.807) is 11.0 Å². The maximum Gasteiger partial charge on any atom is 0.264 e. The standard InChI is InChI=1S/C17H18Cl2N2O3S2/c1-11-10-15(25-12(11)2)17(22)20-6-8-21(9-7-20)26(23,24)16-13(18)4-3-5-14(16)19/h3-5,10H,6-9H2,1-2H3. The average Bonchev–Trinajstić information content (AvgIpc) is 2.93. The lowest BCUT2D eigenvalue weighted by Gasteiger charge is -2.34. The van der Waals surface area contributed by atoms with Gasteiger partial charge in [-0.1, -0.05) is 29.3 Å². The van der Waals surface area contributed by atoms with Crippen LogP contribution in [0, 0.1) is 13.8 Å². The van der Waals surface area contributed by atoms with Crippen molar-refractivity contribution in [3.63, 3.8) is 0 Å². The SMILES string of the molecule is Cc1cc(C(=O)N2CCN(S(=O)(=O)c3c(Cl)cccc3Cl)CC2)sc1C. The van der Waals surface area contributed by atoms with E-state index in [0.29, 0.717) is 18.0 Å². The van der Waals surface area contributed by atoms with Crippen molar-refractivity contribution in [1.82, 2.24) is 9.21 Å². The molecular formula is C17H18Cl2N2O3S2. The van der Waals surface area contributed by atoms with E-state index in [2.05, 4.69) is 0 Å². The van der Waals surface area contributed by atoms with Crippen molar-refractivity contribution in [2.45, 2.75) is 18.7 Å². The normalized spacial score (nSPS) is 16.1. The van der Waals surface area contributed by atoms with E-state index in [0.717, 1.165) is 10.4 Å². The molecule has 0 radical (unpaired) electrons. The molecule has 3 rings (SSSR count). The Labute approximate surface area is 167 Å². The molecule has 1 aromatic carbocycles. The highest BCUT2D eigenvalue weighted by Gasteiger charge is 2.33. The molecule has 1 aliphatic rings. The topological polar surface area (TPSA) is 57.7 Å². The Bertz CT molecular complexity index is 909. The van der Waals surface area contributed by atoms with E-state index in [-0.39, 0.29) is 33.9 Å². The average molecular weight is 433 g/mol. The van der Waals surface area contributed by atoms with Crippen molar-refractivity contribution in [3.8, 4) is 0 Å². The Morgan fingerprint density at radius 1 is 1.08 bits per heavy atom. The van der Waals surface area contributed by atoms with Crippen molar-refractivity contribution < 1.29 is 13.2 Å². The number of hydrogen-bond acceptors (Lipinski definition) is 4. The molecule has 0 saturated carbocycles. The van der Waals surface area contributed by atoms with Crippen LogP contribution in [0.25, 0.3) is 0 Å². The summed E-state index contributed by atoms with van der Waals surface area (Å²) < 4.78 is 27.1. The first-order valence-electron chi connectivity index (χ1n) is 8.02. The number of carbonyl (C=O) groups excluding carboxylic acids is 1. The Hall–Kier alpha value is -1.12. The van der Waals surface area contributed by atoms with Crippen LogP contribution in [0.4, 0.5) is 0 Å². The maximum absolute atomic E-state index is 12.9. The summed E-state index contributed by atoms with van der Waals surface area (Å²) in [6.45, 7) is 5.03. The summed E-state index contributed by atoms with van der Waals surface area (Å²) in [6.07, 6.45) is 0. The quantitative estimate of drug-likeness (QED) is 0.740. The molecule has 0 atom stereocenters. The van der Waals surface area contributed by atoms with Crippen LogP contribution in [0.2, 0.25) is 10.0 Å². The molecule has 1 fully saturated rings. The minimum atomic E-state index is -3.81. The van der Waals surface area contributed by atoms with Gasteiger partial charge in [-0.3, -0.25) is 4.79 Å². The first-order chi connectivity index (χ1) is 12.2. The van der Waals surface area contributed by atoms with Gasteiger partial charge in [-0.15, -0.1) is 11.3 Å². The second-order valence-electron chi connectivity index (χ2n) is 6.10. The molecule has 2 aromatic rings. The van der Waals surface area contributed by atoms with E-state index in [1.165, 1.54) is 27.8 Å². The summed E-state index contributed by atoms with van der Waals surface area (Å²) in [5.74, 6) is -0.0565. The number of carbonyl (C=O) groups is 1. The van der Waals surface area contributed by atoms with Gasteiger partial charge < -0.3 is 4.90 Å². The zero-order valence-electron chi connectivity index (χ0n) is 14.3. The van der Waals surface area contributed by atoms with Crippen LogP contribution >= 0.6 is 34.5 Å². The van der Waals surface area contributed by atoms with Gasteiger partial charge in [0.25, 0.3) is 5.91 Å². The zero-order valence-corrected chi connectivity index (χ0v) is 17.5. The largest absolute Gasteiger partial charge is 0.335 e. The zero-order chi connectivity index (χ0) is 19.1. The molecule has 0 aliphatic carbocycles. The number of aryl methyl sites for hydroxylation is 2. The van der Waals surface area contributed by atoms with Crippen molar-refractivity contribution in [2.75, 3.05) is 26.2 Å². The number of piperazine rings is 1. The highest BCUT2D eigenvalue weighted by molar-refractivity contribution is 7.89. The number of thiophene rings is 1. The van der Waals surface area contributed by atoms with E-state index in [4.69, 9.17) is 23.2 Å². The molecule has 140 valence electrons. The third-order valence-corrected chi connectivity index (χ3v) is 8.41. The molecule has 1 amide bonds. The monoisotopic (exact) mass is 432 g/mol. The number of sulfonamides is 1. The molecule has 0 unspecified atom stereocenters. The molecule has 9 heteroatoms. The molecule has 0 bridgehead atoms. The van der Waals surface area contributed by atoms with E-state index in [1.807, 2.05) is 19.9 Å². The van der Waals surface area contributed by atoms with Crippen molar-refractivity contribution in [2.24, 2.45) is 0 Å². The molecule has 26 heavy (non-hydrogen) atoms. The van der Waals surface area contributed by atoms with Crippen LogP contribution in [-0.2, 0) is 10.0 Å². The van der Waals surface area contributed by atoms with Crippen molar-refractivity contribution in [3.05, 3.63) is 49.6 Å². The first kappa shape index (κ1) is 19.6. The van der Waals surface area contributed by atoms with Gasteiger partial charge >= 0.3 is 0 Å². The van der Waals surface area contributed by atoms with Crippen LogP contribution in [0.1, 0.15) is 20.1 Å². The number of nitrogens with zero attached hydrogens (tertiary/aromatic N) is 2. The lowest BCUT2D eigenvalue weighted by Crippen LogP contribution is -2.50. The predicted molar refractivity (Wildman–Crippen MR) is 105 cm³/mol.